The predicted molar refractivity (Wildman–Crippen MR) is 89.1 cm³/mol. The summed E-state index contributed by atoms with van der Waals surface area (Å²) in [4.78, 5) is 38.4. The van der Waals surface area contributed by atoms with Crippen molar-refractivity contribution in [2.24, 2.45) is 0 Å². The molecule has 0 unspecified atom stereocenters. The number of amides is 4. The van der Waals surface area contributed by atoms with Crippen LogP contribution in [-0.4, -0.2) is 35.3 Å². The summed E-state index contributed by atoms with van der Waals surface area (Å²) in [6.45, 7) is 1.63. The molecular weight excluding hydrogens is 306 g/mol. The third-order valence-electron chi connectivity index (χ3n) is 4.99. The van der Waals surface area contributed by atoms with Crippen LogP contribution < -0.4 is 10.6 Å². The van der Waals surface area contributed by atoms with Crippen LogP contribution >= 0.6 is 0 Å². The summed E-state index contributed by atoms with van der Waals surface area (Å²) in [5.74, 6) is -0.631. The van der Waals surface area contributed by atoms with Crippen molar-refractivity contribution in [3.63, 3.8) is 0 Å². The van der Waals surface area contributed by atoms with Crippen LogP contribution in [0.2, 0.25) is 0 Å². The molecule has 0 bridgehead atoms. The second-order valence-corrected chi connectivity index (χ2v) is 6.50. The van der Waals surface area contributed by atoms with Gasteiger partial charge in [0.1, 0.15) is 12.1 Å². The molecular formula is C18H23N3O3. The monoisotopic (exact) mass is 329 g/mol. The second-order valence-electron chi connectivity index (χ2n) is 6.50. The third kappa shape index (κ3) is 2.88. The molecule has 4 amide bonds. The number of hydrogen-bond acceptors (Lipinski definition) is 3. The number of hydrogen-bond donors (Lipinski definition) is 2. The fraction of sp³-hybridized carbons (Fsp3) is 0.500. The lowest BCUT2D eigenvalue weighted by Crippen LogP contribution is -2.45. The summed E-state index contributed by atoms with van der Waals surface area (Å²) < 4.78 is 0. The molecule has 2 N–H and O–H groups in total. The molecule has 128 valence electrons. The molecule has 1 aromatic rings. The van der Waals surface area contributed by atoms with E-state index in [9.17, 15) is 14.4 Å². The predicted octanol–water partition coefficient (Wildman–Crippen LogP) is 1.90. The third-order valence-corrected chi connectivity index (χ3v) is 4.99. The zero-order chi connectivity index (χ0) is 17.2. The lowest BCUT2D eigenvalue weighted by molar-refractivity contribution is -0.135. The molecule has 1 aliphatic carbocycles. The Balaban J connectivity index is 1.74. The number of rotatable bonds is 5. The molecule has 0 spiro atoms. The Morgan fingerprint density at radius 3 is 2.54 bits per heavy atom. The summed E-state index contributed by atoms with van der Waals surface area (Å²) >= 11 is 0. The number of benzene rings is 1. The lowest BCUT2D eigenvalue weighted by atomic mass is 9.87. The Morgan fingerprint density at radius 2 is 1.92 bits per heavy atom. The zero-order valence-corrected chi connectivity index (χ0v) is 13.9. The zero-order valence-electron chi connectivity index (χ0n) is 13.9. The van der Waals surface area contributed by atoms with Crippen molar-refractivity contribution in [2.45, 2.75) is 50.6 Å². The first-order chi connectivity index (χ1) is 11.6. The van der Waals surface area contributed by atoms with Gasteiger partial charge in [-0.3, -0.25) is 14.5 Å². The molecule has 6 heteroatoms. The van der Waals surface area contributed by atoms with E-state index in [2.05, 4.69) is 10.6 Å². The van der Waals surface area contributed by atoms with Crippen LogP contribution in [0.1, 0.15) is 44.6 Å². The van der Waals surface area contributed by atoms with Crippen molar-refractivity contribution in [3.8, 4) is 0 Å². The van der Waals surface area contributed by atoms with Crippen LogP contribution in [0, 0.1) is 0 Å². The standard InChI is InChI=1S/C18H23N3O3/c1-2-18(13-8-4-3-5-9-13)16(23)21(17(24)20-18)12-15(22)19-14-10-6-7-11-14/h3-5,8-9,14H,2,6-7,10-12H2,1H3,(H,19,22)(H,20,24)/t18-/m0/s1. The van der Waals surface area contributed by atoms with E-state index in [0.29, 0.717) is 6.42 Å². The Morgan fingerprint density at radius 1 is 1.25 bits per heavy atom. The number of nitrogens with one attached hydrogen (secondary N) is 2. The highest BCUT2D eigenvalue weighted by Gasteiger charge is 2.51. The number of imide groups is 1. The maximum absolute atomic E-state index is 12.9. The fourth-order valence-electron chi connectivity index (χ4n) is 3.62. The van der Waals surface area contributed by atoms with Crippen molar-refractivity contribution >= 4 is 17.8 Å². The van der Waals surface area contributed by atoms with Gasteiger partial charge < -0.3 is 10.6 Å². The normalized spacial score (nSPS) is 24.3. The summed E-state index contributed by atoms with van der Waals surface area (Å²) in [5, 5.41) is 5.71. The van der Waals surface area contributed by atoms with Gasteiger partial charge in [0.15, 0.2) is 0 Å². The smallest absolute Gasteiger partial charge is 0.325 e. The summed E-state index contributed by atoms with van der Waals surface area (Å²) in [6, 6.07) is 8.84. The van der Waals surface area contributed by atoms with Gasteiger partial charge in [-0.1, -0.05) is 50.1 Å². The molecule has 1 saturated heterocycles. The van der Waals surface area contributed by atoms with Crippen molar-refractivity contribution in [1.82, 2.24) is 15.5 Å². The summed E-state index contributed by atoms with van der Waals surface area (Å²) in [6.07, 6.45) is 4.59. The Bertz CT molecular complexity index is 640. The maximum atomic E-state index is 12.9. The second kappa shape index (κ2) is 6.63. The Labute approximate surface area is 141 Å². The lowest BCUT2D eigenvalue weighted by Gasteiger charge is -2.25. The topological polar surface area (TPSA) is 78.5 Å². The summed E-state index contributed by atoms with van der Waals surface area (Å²) in [7, 11) is 0. The largest absolute Gasteiger partial charge is 0.352 e. The van der Waals surface area contributed by atoms with Crippen LogP contribution in [0.4, 0.5) is 4.79 Å². The number of carbonyl (C=O) groups excluding carboxylic acids is 3. The van der Waals surface area contributed by atoms with Gasteiger partial charge in [0.05, 0.1) is 0 Å². The van der Waals surface area contributed by atoms with E-state index in [1.54, 1.807) is 0 Å². The Hall–Kier alpha value is -2.37. The molecule has 2 aliphatic rings. The van der Waals surface area contributed by atoms with Gasteiger partial charge >= 0.3 is 6.03 Å². The molecule has 24 heavy (non-hydrogen) atoms. The summed E-state index contributed by atoms with van der Waals surface area (Å²) in [5.41, 5.74) is -0.337. The molecule has 1 aromatic carbocycles. The first-order valence-electron chi connectivity index (χ1n) is 8.56. The van der Waals surface area contributed by atoms with Crippen LogP contribution in [0.25, 0.3) is 0 Å². The van der Waals surface area contributed by atoms with Gasteiger partial charge in [-0.25, -0.2) is 4.79 Å². The van der Waals surface area contributed by atoms with E-state index in [4.69, 9.17) is 0 Å². The fourth-order valence-corrected chi connectivity index (χ4v) is 3.62. The number of urea groups is 1. The Kier molecular flexibility index (Phi) is 4.55. The van der Waals surface area contributed by atoms with E-state index in [0.717, 1.165) is 36.1 Å². The van der Waals surface area contributed by atoms with Crippen molar-refractivity contribution in [1.29, 1.82) is 0 Å². The van der Waals surface area contributed by atoms with E-state index >= 15 is 0 Å². The van der Waals surface area contributed by atoms with Gasteiger partial charge in [0.2, 0.25) is 5.91 Å². The molecule has 1 aliphatic heterocycles. The van der Waals surface area contributed by atoms with Gasteiger partial charge in [-0.05, 0) is 24.8 Å². The van der Waals surface area contributed by atoms with Gasteiger partial charge in [-0.15, -0.1) is 0 Å². The van der Waals surface area contributed by atoms with E-state index in [1.807, 2.05) is 37.3 Å². The van der Waals surface area contributed by atoms with Crippen molar-refractivity contribution in [3.05, 3.63) is 35.9 Å². The quantitative estimate of drug-likeness (QED) is 0.810. The van der Waals surface area contributed by atoms with Crippen LogP contribution in [0.15, 0.2) is 30.3 Å². The molecule has 1 atom stereocenters. The highest BCUT2D eigenvalue weighted by atomic mass is 16.2. The number of carbonyl (C=O) groups is 3. The first kappa shape index (κ1) is 16.5. The minimum absolute atomic E-state index is 0.170. The highest BCUT2D eigenvalue weighted by Crippen LogP contribution is 2.32. The molecule has 0 radical (unpaired) electrons. The van der Waals surface area contributed by atoms with E-state index in [-0.39, 0.29) is 24.4 Å². The van der Waals surface area contributed by atoms with E-state index < -0.39 is 11.6 Å². The maximum Gasteiger partial charge on any atom is 0.325 e. The van der Waals surface area contributed by atoms with Gasteiger partial charge in [0, 0.05) is 6.04 Å². The molecule has 1 heterocycles. The van der Waals surface area contributed by atoms with Crippen LogP contribution in [0.5, 0.6) is 0 Å². The van der Waals surface area contributed by atoms with Crippen molar-refractivity contribution < 1.29 is 14.4 Å². The van der Waals surface area contributed by atoms with E-state index in [1.165, 1.54) is 0 Å². The van der Waals surface area contributed by atoms with Crippen molar-refractivity contribution in [2.75, 3.05) is 6.54 Å². The minimum Gasteiger partial charge on any atom is -0.352 e. The SMILES string of the molecule is CC[C@@]1(c2ccccc2)NC(=O)N(CC(=O)NC2CCCC2)C1=O. The minimum atomic E-state index is -1.08. The van der Waals surface area contributed by atoms with Gasteiger partial charge in [0.25, 0.3) is 5.91 Å². The molecule has 0 aromatic heterocycles. The molecule has 2 fully saturated rings. The average Bonchev–Trinajstić information content (AvgIpc) is 3.18. The average molecular weight is 329 g/mol. The molecule has 1 saturated carbocycles. The first-order valence-corrected chi connectivity index (χ1v) is 8.56. The highest BCUT2D eigenvalue weighted by molar-refractivity contribution is 6.09. The van der Waals surface area contributed by atoms with Crippen LogP contribution in [-0.2, 0) is 15.1 Å². The molecule has 6 nitrogen and oxygen atoms in total. The number of nitrogens with zero attached hydrogens (tertiary/aromatic N) is 1. The molecule has 3 rings (SSSR count). The van der Waals surface area contributed by atoms with Crippen LogP contribution in [0.3, 0.4) is 0 Å². The van der Waals surface area contributed by atoms with Gasteiger partial charge in [-0.2, -0.15) is 0 Å².